The molecule has 4 heteroatoms. The van der Waals surface area contributed by atoms with Crippen molar-refractivity contribution in [1.29, 1.82) is 0 Å². The summed E-state index contributed by atoms with van der Waals surface area (Å²) in [6.45, 7) is 3.89. The first-order chi connectivity index (χ1) is 8.40. The van der Waals surface area contributed by atoms with Gasteiger partial charge in [0.05, 0.1) is 0 Å². The highest BCUT2D eigenvalue weighted by molar-refractivity contribution is 6.20. The summed E-state index contributed by atoms with van der Waals surface area (Å²) in [6, 6.07) is 7.64. The number of alkyl halides is 1. The van der Waals surface area contributed by atoms with Gasteiger partial charge in [-0.15, -0.1) is 11.6 Å². The maximum atomic E-state index is 12.0. The number of hydrogen-bond donors (Lipinski definition) is 1. The molecule has 1 N–H and O–H groups in total. The Balaban J connectivity index is 2.69. The third kappa shape index (κ3) is 4.57. The van der Waals surface area contributed by atoms with Gasteiger partial charge in [0.1, 0.15) is 0 Å². The SMILES string of the molecule is CC(Cl)CC(C)NC(=O)c1cccc(N(C)C)c1. The van der Waals surface area contributed by atoms with E-state index in [4.69, 9.17) is 11.6 Å². The van der Waals surface area contributed by atoms with Crippen molar-refractivity contribution in [2.75, 3.05) is 19.0 Å². The highest BCUT2D eigenvalue weighted by Gasteiger charge is 2.12. The number of benzene rings is 1. The smallest absolute Gasteiger partial charge is 0.251 e. The summed E-state index contributed by atoms with van der Waals surface area (Å²) in [6.07, 6.45) is 0.765. The van der Waals surface area contributed by atoms with Gasteiger partial charge in [-0.1, -0.05) is 6.07 Å². The fourth-order valence-electron chi connectivity index (χ4n) is 1.78. The number of halogens is 1. The van der Waals surface area contributed by atoms with Gasteiger partial charge in [-0.25, -0.2) is 0 Å². The second-order valence-corrected chi connectivity index (χ2v) is 5.58. The van der Waals surface area contributed by atoms with Gasteiger partial charge in [0, 0.05) is 36.8 Å². The van der Waals surface area contributed by atoms with Crippen LogP contribution in [0.15, 0.2) is 24.3 Å². The molecule has 0 heterocycles. The highest BCUT2D eigenvalue weighted by atomic mass is 35.5. The van der Waals surface area contributed by atoms with E-state index in [1.54, 1.807) is 0 Å². The molecule has 0 saturated heterocycles. The van der Waals surface area contributed by atoms with Gasteiger partial charge in [0.25, 0.3) is 5.91 Å². The number of carbonyl (C=O) groups excluding carboxylic acids is 1. The fourth-order valence-corrected chi connectivity index (χ4v) is 2.05. The Morgan fingerprint density at radius 3 is 2.61 bits per heavy atom. The van der Waals surface area contributed by atoms with E-state index in [-0.39, 0.29) is 17.3 Å². The van der Waals surface area contributed by atoms with Crippen LogP contribution in [0.4, 0.5) is 5.69 Å². The van der Waals surface area contributed by atoms with Crippen LogP contribution >= 0.6 is 11.6 Å². The van der Waals surface area contributed by atoms with E-state index in [0.717, 1.165) is 12.1 Å². The molecule has 1 amide bonds. The number of carbonyl (C=O) groups is 1. The molecule has 100 valence electrons. The summed E-state index contributed by atoms with van der Waals surface area (Å²) >= 11 is 5.91. The molecule has 0 fully saturated rings. The third-order valence-electron chi connectivity index (χ3n) is 2.68. The highest BCUT2D eigenvalue weighted by Crippen LogP contribution is 2.14. The lowest BCUT2D eigenvalue weighted by Gasteiger charge is -2.17. The molecule has 0 radical (unpaired) electrons. The molecule has 1 aromatic carbocycles. The first-order valence-corrected chi connectivity index (χ1v) is 6.56. The van der Waals surface area contributed by atoms with Crippen LogP contribution in [0.3, 0.4) is 0 Å². The summed E-state index contributed by atoms with van der Waals surface area (Å²) in [5.41, 5.74) is 1.69. The molecule has 3 nitrogen and oxygen atoms in total. The fraction of sp³-hybridized carbons (Fsp3) is 0.500. The van der Waals surface area contributed by atoms with E-state index in [2.05, 4.69) is 5.32 Å². The molecule has 1 aromatic rings. The van der Waals surface area contributed by atoms with Gasteiger partial charge in [0.2, 0.25) is 0 Å². The molecule has 0 aliphatic carbocycles. The zero-order chi connectivity index (χ0) is 13.7. The molecule has 0 aliphatic heterocycles. The maximum absolute atomic E-state index is 12.0. The lowest BCUT2D eigenvalue weighted by atomic mass is 10.1. The molecule has 18 heavy (non-hydrogen) atoms. The summed E-state index contributed by atoms with van der Waals surface area (Å²) in [7, 11) is 3.91. The number of hydrogen-bond acceptors (Lipinski definition) is 2. The number of amides is 1. The van der Waals surface area contributed by atoms with E-state index < -0.39 is 0 Å². The Kier molecular flexibility index (Phi) is 5.48. The average molecular weight is 269 g/mol. The van der Waals surface area contributed by atoms with Crippen LogP contribution in [0.2, 0.25) is 0 Å². The van der Waals surface area contributed by atoms with Crippen molar-refractivity contribution in [1.82, 2.24) is 5.32 Å². The van der Waals surface area contributed by atoms with E-state index in [1.807, 2.05) is 57.1 Å². The third-order valence-corrected chi connectivity index (χ3v) is 2.86. The van der Waals surface area contributed by atoms with Crippen LogP contribution in [0, 0.1) is 0 Å². The topological polar surface area (TPSA) is 32.3 Å². The summed E-state index contributed by atoms with van der Waals surface area (Å²) < 4.78 is 0. The number of rotatable bonds is 5. The predicted molar refractivity (Wildman–Crippen MR) is 77.6 cm³/mol. The van der Waals surface area contributed by atoms with Crippen LogP contribution in [0.25, 0.3) is 0 Å². The molecule has 0 aliphatic rings. The lowest BCUT2D eigenvalue weighted by Crippen LogP contribution is -2.34. The second-order valence-electron chi connectivity index (χ2n) is 4.84. The van der Waals surface area contributed by atoms with Crippen LogP contribution < -0.4 is 10.2 Å². The van der Waals surface area contributed by atoms with E-state index in [0.29, 0.717) is 5.56 Å². The van der Waals surface area contributed by atoms with Crippen molar-refractivity contribution in [3.8, 4) is 0 Å². The minimum absolute atomic E-state index is 0.0523. The molecular weight excluding hydrogens is 248 g/mol. The van der Waals surface area contributed by atoms with Gasteiger partial charge in [-0.2, -0.15) is 0 Å². The normalized spacial score (nSPS) is 13.8. The van der Waals surface area contributed by atoms with Crippen molar-refractivity contribution in [3.63, 3.8) is 0 Å². The second kappa shape index (κ2) is 6.64. The standard InChI is InChI=1S/C14H21ClN2O/c1-10(15)8-11(2)16-14(18)12-6-5-7-13(9-12)17(3)4/h5-7,9-11H,8H2,1-4H3,(H,16,18). The minimum atomic E-state index is -0.0523. The molecule has 0 spiro atoms. The Bertz CT molecular complexity index is 405. The van der Waals surface area contributed by atoms with E-state index in [1.165, 1.54) is 0 Å². The largest absolute Gasteiger partial charge is 0.378 e. The molecule has 0 aromatic heterocycles. The predicted octanol–water partition coefficient (Wildman–Crippen LogP) is 2.89. The Morgan fingerprint density at radius 1 is 1.39 bits per heavy atom. The molecular formula is C14H21ClN2O. The van der Waals surface area contributed by atoms with Crippen LogP contribution in [0.5, 0.6) is 0 Å². The van der Waals surface area contributed by atoms with Crippen molar-refractivity contribution in [2.24, 2.45) is 0 Å². The number of nitrogens with one attached hydrogen (secondary N) is 1. The quantitative estimate of drug-likeness (QED) is 0.833. The van der Waals surface area contributed by atoms with Gasteiger partial charge in [-0.05, 0) is 38.5 Å². The maximum Gasteiger partial charge on any atom is 0.251 e. The van der Waals surface area contributed by atoms with E-state index in [9.17, 15) is 4.79 Å². The van der Waals surface area contributed by atoms with Crippen molar-refractivity contribution < 1.29 is 4.79 Å². The average Bonchev–Trinajstić information content (AvgIpc) is 2.27. The van der Waals surface area contributed by atoms with Gasteiger partial charge >= 0.3 is 0 Å². The summed E-state index contributed by atoms with van der Waals surface area (Å²) in [5, 5.41) is 3.02. The summed E-state index contributed by atoms with van der Waals surface area (Å²) in [4.78, 5) is 14.0. The zero-order valence-electron chi connectivity index (χ0n) is 11.4. The van der Waals surface area contributed by atoms with Crippen molar-refractivity contribution in [3.05, 3.63) is 29.8 Å². The van der Waals surface area contributed by atoms with Crippen LogP contribution in [-0.2, 0) is 0 Å². The van der Waals surface area contributed by atoms with Crippen molar-refractivity contribution in [2.45, 2.75) is 31.7 Å². The molecule has 2 unspecified atom stereocenters. The van der Waals surface area contributed by atoms with Gasteiger partial charge in [-0.3, -0.25) is 4.79 Å². The first-order valence-electron chi connectivity index (χ1n) is 6.12. The Morgan fingerprint density at radius 2 is 2.06 bits per heavy atom. The summed E-state index contributed by atoms with van der Waals surface area (Å²) in [5.74, 6) is -0.0523. The van der Waals surface area contributed by atoms with Gasteiger partial charge in [0.15, 0.2) is 0 Å². The minimum Gasteiger partial charge on any atom is -0.378 e. The monoisotopic (exact) mass is 268 g/mol. The van der Waals surface area contributed by atoms with E-state index >= 15 is 0 Å². The molecule has 1 rings (SSSR count). The molecule has 0 saturated carbocycles. The number of nitrogens with zero attached hydrogens (tertiary/aromatic N) is 1. The van der Waals surface area contributed by atoms with Crippen LogP contribution in [-0.4, -0.2) is 31.4 Å². The lowest BCUT2D eigenvalue weighted by molar-refractivity contribution is 0.0938. The Labute approximate surface area is 114 Å². The van der Waals surface area contributed by atoms with Gasteiger partial charge < -0.3 is 10.2 Å². The Hall–Kier alpha value is -1.22. The molecule has 2 atom stereocenters. The van der Waals surface area contributed by atoms with Crippen LogP contribution in [0.1, 0.15) is 30.6 Å². The van der Waals surface area contributed by atoms with Crippen molar-refractivity contribution >= 4 is 23.2 Å². The first kappa shape index (κ1) is 14.8. The molecule has 0 bridgehead atoms. The number of anilines is 1. The zero-order valence-corrected chi connectivity index (χ0v) is 12.2.